The van der Waals surface area contributed by atoms with Crippen molar-refractivity contribution >= 4 is 17.2 Å². The third-order valence-electron chi connectivity index (χ3n) is 1.81. The van der Waals surface area contributed by atoms with Gasteiger partial charge >= 0.3 is 11.6 Å². The molecule has 0 N–H and O–H groups in total. The summed E-state index contributed by atoms with van der Waals surface area (Å²) >= 11 is 4.27. The van der Waals surface area contributed by atoms with Crippen molar-refractivity contribution in [2.75, 3.05) is 0 Å². The van der Waals surface area contributed by atoms with E-state index in [1.807, 2.05) is 0 Å². The van der Waals surface area contributed by atoms with Crippen LogP contribution in [0.5, 0.6) is 0 Å². The van der Waals surface area contributed by atoms with Gasteiger partial charge in [-0.05, 0) is 17.2 Å². The Bertz CT molecular complexity index is 415. The molecule has 0 spiro atoms. The molecule has 7 heteroatoms. The van der Waals surface area contributed by atoms with Gasteiger partial charge < -0.3 is 0 Å². The quantitative estimate of drug-likeness (QED) is 0.539. The van der Waals surface area contributed by atoms with Gasteiger partial charge in [-0.25, -0.2) is 4.39 Å². The molecule has 0 bridgehead atoms. The molecule has 0 saturated heterocycles. The van der Waals surface area contributed by atoms with Crippen molar-refractivity contribution in [2.45, 2.75) is 11.6 Å². The normalized spacial score (nSPS) is 14.5. The fraction of sp³-hybridized carbons (Fsp3) is 0.200. The fourth-order valence-electron chi connectivity index (χ4n) is 1.16. The summed E-state index contributed by atoms with van der Waals surface area (Å²) in [5.41, 5.74) is -2.78. The minimum absolute atomic E-state index is 0.710. The topological polar surface area (TPSA) is 0 Å². The molecule has 0 nitrogen and oxygen atoms in total. The van der Waals surface area contributed by atoms with Gasteiger partial charge in [0.05, 0.1) is 0 Å². The van der Waals surface area contributed by atoms with E-state index in [4.69, 9.17) is 0 Å². The van der Waals surface area contributed by atoms with E-state index in [1.165, 1.54) is 18.2 Å². The Labute approximate surface area is 97.5 Å². The number of benzene rings is 1. The van der Waals surface area contributed by atoms with Gasteiger partial charge in [-0.2, -0.15) is 22.0 Å². The predicted molar refractivity (Wildman–Crippen MR) is 51.3 cm³/mol. The second-order valence-electron chi connectivity index (χ2n) is 3.05. The summed E-state index contributed by atoms with van der Waals surface area (Å²) in [5, 5.41) is -4.69. The second-order valence-corrected chi connectivity index (χ2v) is 3.53. The summed E-state index contributed by atoms with van der Waals surface area (Å²) < 4.78 is 75.4. The Morgan fingerprint density at radius 3 is 1.76 bits per heavy atom. The standard InChI is InChI=1S/C10H5ClF6/c11-9(13,14)8(12)7(10(15,16)17)6-4-2-1-3-5-6/h1-5H/b8-7+. The van der Waals surface area contributed by atoms with Crippen molar-refractivity contribution in [3.05, 3.63) is 41.7 Å². The number of hydrogen-bond donors (Lipinski definition) is 0. The molecule has 1 rings (SSSR count). The number of alkyl halides is 6. The zero-order valence-electron chi connectivity index (χ0n) is 8.03. The summed E-state index contributed by atoms with van der Waals surface area (Å²) in [6, 6.07) is 5.44. The highest BCUT2D eigenvalue weighted by Gasteiger charge is 2.45. The van der Waals surface area contributed by atoms with Crippen molar-refractivity contribution in [1.82, 2.24) is 0 Å². The molecule has 0 aliphatic carbocycles. The van der Waals surface area contributed by atoms with E-state index in [0.29, 0.717) is 0 Å². The van der Waals surface area contributed by atoms with Gasteiger partial charge in [0.15, 0.2) is 5.83 Å². The summed E-state index contributed by atoms with van der Waals surface area (Å²) in [5.74, 6) is -2.71. The van der Waals surface area contributed by atoms with Crippen LogP contribution < -0.4 is 0 Å². The molecule has 0 saturated carbocycles. The average Bonchev–Trinajstić information content (AvgIpc) is 2.15. The van der Waals surface area contributed by atoms with E-state index in [2.05, 4.69) is 11.6 Å². The molecule has 0 fully saturated rings. The van der Waals surface area contributed by atoms with Gasteiger partial charge in [-0.3, -0.25) is 0 Å². The predicted octanol–water partition coefficient (Wildman–Crippen LogP) is 4.76. The maximum atomic E-state index is 13.0. The first kappa shape index (κ1) is 13.9. The molecule has 0 unspecified atom stereocenters. The average molecular weight is 275 g/mol. The summed E-state index contributed by atoms with van der Waals surface area (Å²) in [4.78, 5) is 0. The zero-order chi connectivity index (χ0) is 13.3. The van der Waals surface area contributed by atoms with Crippen LogP contribution in [0, 0.1) is 0 Å². The molecular formula is C10H5ClF6. The molecule has 1 aromatic carbocycles. The van der Waals surface area contributed by atoms with Crippen LogP contribution in [-0.4, -0.2) is 11.6 Å². The largest absolute Gasteiger partial charge is 0.419 e. The van der Waals surface area contributed by atoms with Crippen LogP contribution in [0.3, 0.4) is 0 Å². The van der Waals surface area contributed by atoms with Crippen LogP contribution in [0.2, 0.25) is 0 Å². The van der Waals surface area contributed by atoms with Crippen molar-refractivity contribution in [3.63, 3.8) is 0 Å². The van der Waals surface area contributed by atoms with Crippen molar-refractivity contribution in [3.8, 4) is 0 Å². The highest BCUT2D eigenvalue weighted by molar-refractivity contribution is 6.23. The molecule has 0 aliphatic heterocycles. The van der Waals surface area contributed by atoms with Crippen LogP contribution in [0.15, 0.2) is 36.2 Å². The lowest BCUT2D eigenvalue weighted by atomic mass is 10.0. The fourth-order valence-corrected chi connectivity index (χ4v) is 1.26. The van der Waals surface area contributed by atoms with Gasteiger partial charge in [0, 0.05) is 0 Å². The lowest BCUT2D eigenvalue weighted by Crippen LogP contribution is -2.18. The first-order chi connectivity index (χ1) is 7.64. The first-order valence-electron chi connectivity index (χ1n) is 4.23. The lowest BCUT2D eigenvalue weighted by Gasteiger charge is -2.15. The number of hydrogen-bond acceptors (Lipinski definition) is 0. The Kier molecular flexibility index (Phi) is 3.76. The molecule has 0 aromatic heterocycles. The van der Waals surface area contributed by atoms with Crippen LogP contribution in [0.1, 0.15) is 5.56 Å². The van der Waals surface area contributed by atoms with Gasteiger partial charge in [-0.15, -0.1) is 0 Å². The number of rotatable bonds is 2. The Morgan fingerprint density at radius 2 is 1.41 bits per heavy atom. The van der Waals surface area contributed by atoms with Crippen molar-refractivity contribution in [2.24, 2.45) is 0 Å². The van der Waals surface area contributed by atoms with Gasteiger partial charge in [-0.1, -0.05) is 30.3 Å². The van der Waals surface area contributed by atoms with E-state index in [-0.39, 0.29) is 0 Å². The van der Waals surface area contributed by atoms with Gasteiger partial charge in [0.25, 0.3) is 0 Å². The first-order valence-corrected chi connectivity index (χ1v) is 4.61. The van der Waals surface area contributed by atoms with Crippen LogP contribution in [-0.2, 0) is 0 Å². The molecule has 0 aliphatic rings. The van der Waals surface area contributed by atoms with Crippen molar-refractivity contribution in [1.29, 1.82) is 0 Å². The smallest absolute Gasteiger partial charge is 0.203 e. The molecule has 1 aromatic rings. The SMILES string of the molecule is F/C(=C(\c1ccccc1)C(F)(F)F)C(F)(F)Cl. The molecule has 94 valence electrons. The highest BCUT2D eigenvalue weighted by Crippen LogP contribution is 2.43. The minimum atomic E-state index is -5.26. The van der Waals surface area contributed by atoms with E-state index >= 15 is 0 Å². The molecule has 0 radical (unpaired) electrons. The van der Waals surface area contributed by atoms with Crippen LogP contribution >= 0.6 is 11.6 Å². The molecule has 0 amide bonds. The molecular weight excluding hydrogens is 270 g/mol. The lowest BCUT2D eigenvalue weighted by molar-refractivity contribution is -0.0720. The van der Waals surface area contributed by atoms with E-state index in [9.17, 15) is 26.3 Å². The Morgan fingerprint density at radius 1 is 0.941 bits per heavy atom. The maximum absolute atomic E-state index is 13.0. The van der Waals surface area contributed by atoms with Gasteiger partial charge in [0.1, 0.15) is 5.57 Å². The Balaban J connectivity index is 3.44. The molecule has 0 heterocycles. The molecule has 17 heavy (non-hydrogen) atoms. The monoisotopic (exact) mass is 274 g/mol. The summed E-state index contributed by atoms with van der Waals surface area (Å²) in [7, 11) is 0. The van der Waals surface area contributed by atoms with Crippen LogP contribution in [0.25, 0.3) is 5.57 Å². The van der Waals surface area contributed by atoms with Crippen LogP contribution in [0.4, 0.5) is 26.3 Å². The minimum Gasteiger partial charge on any atom is -0.203 e. The second kappa shape index (κ2) is 4.60. The zero-order valence-corrected chi connectivity index (χ0v) is 8.79. The summed E-state index contributed by atoms with van der Waals surface area (Å²) in [6.45, 7) is 0. The van der Waals surface area contributed by atoms with E-state index in [0.717, 1.165) is 12.1 Å². The summed E-state index contributed by atoms with van der Waals surface area (Å²) in [6.07, 6.45) is -5.26. The number of allylic oxidation sites excluding steroid dienone is 2. The van der Waals surface area contributed by atoms with Crippen molar-refractivity contribution < 1.29 is 26.3 Å². The van der Waals surface area contributed by atoms with E-state index < -0.39 is 28.5 Å². The molecule has 0 atom stereocenters. The maximum Gasteiger partial charge on any atom is 0.419 e. The van der Waals surface area contributed by atoms with Gasteiger partial charge in [0.2, 0.25) is 0 Å². The Hall–Kier alpha value is -1.17. The number of halogens is 7. The third kappa shape index (κ3) is 3.39. The highest BCUT2D eigenvalue weighted by atomic mass is 35.5. The van der Waals surface area contributed by atoms with E-state index in [1.54, 1.807) is 0 Å². The third-order valence-corrected chi connectivity index (χ3v) is 1.98.